The van der Waals surface area contributed by atoms with Gasteiger partial charge in [0.05, 0.1) is 0 Å². The molecule has 0 saturated carbocycles. The van der Waals surface area contributed by atoms with Crippen molar-refractivity contribution in [3.8, 4) is 5.75 Å². The topological polar surface area (TPSA) is 58.6 Å². The molecular weight excluding hydrogens is 447 g/mol. The highest BCUT2D eigenvalue weighted by atomic mass is 35.5. The molecule has 2 rings (SSSR count). The van der Waals surface area contributed by atoms with Gasteiger partial charge in [-0.1, -0.05) is 42.3 Å². The molecule has 1 atom stereocenters. The molecule has 0 unspecified atom stereocenters. The molecule has 32 heavy (non-hydrogen) atoms. The highest BCUT2D eigenvalue weighted by Crippen LogP contribution is 2.24. The van der Waals surface area contributed by atoms with Crippen LogP contribution >= 0.6 is 23.2 Å². The summed E-state index contributed by atoms with van der Waals surface area (Å²) < 4.78 is 5.80. The molecule has 0 bridgehead atoms. The van der Waals surface area contributed by atoms with Crippen LogP contribution < -0.4 is 10.1 Å². The summed E-state index contributed by atoms with van der Waals surface area (Å²) in [5.41, 5.74) is 2.38. The number of carbonyl (C=O) groups is 2. The Labute approximate surface area is 201 Å². The maximum absolute atomic E-state index is 13.3. The van der Waals surface area contributed by atoms with Gasteiger partial charge in [-0.3, -0.25) is 9.59 Å². The van der Waals surface area contributed by atoms with Crippen LogP contribution in [0.2, 0.25) is 10.0 Å². The standard InChI is InChI=1S/C25H32Cl2N2O3/c1-7-22(24(31)28-25(4,5)6)29(14-18-8-9-19(26)13-21(18)27)23(30)15-32-20-11-16(2)10-17(3)12-20/h8-13,22H,7,14-15H2,1-6H3,(H,28,31)/t22-/m1/s1. The van der Waals surface area contributed by atoms with E-state index in [1.165, 1.54) is 4.90 Å². The molecule has 7 heteroatoms. The van der Waals surface area contributed by atoms with Crippen LogP contribution in [0.1, 0.15) is 50.8 Å². The zero-order chi connectivity index (χ0) is 24.1. The third-order valence-corrected chi connectivity index (χ3v) is 5.38. The maximum atomic E-state index is 13.3. The fraction of sp³-hybridized carbons (Fsp3) is 0.440. The first-order valence-corrected chi connectivity index (χ1v) is 11.4. The van der Waals surface area contributed by atoms with Gasteiger partial charge in [0, 0.05) is 22.1 Å². The predicted molar refractivity (Wildman–Crippen MR) is 130 cm³/mol. The zero-order valence-corrected chi connectivity index (χ0v) is 21.1. The fourth-order valence-corrected chi connectivity index (χ4v) is 3.92. The second-order valence-corrected chi connectivity index (χ2v) is 9.88. The molecule has 0 spiro atoms. The molecule has 2 aromatic rings. The monoisotopic (exact) mass is 478 g/mol. The molecule has 0 saturated heterocycles. The summed E-state index contributed by atoms with van der Waals surface area (Å²) >= 11 is 12.4. The summed E-state index contributed by atoms with van der Waals surface area (Å²) in [4.78, 5) is 27.8. The van der Waals surface area contributed by atoms with Gasteiger partial charge < -0.3 is 15.0 Å². The quantitative estimate of drug-likeness (QED) is 0.528. The molecule has 0 aromatic heterocycles. The molecule has 0 fully saturated rings. The molecule has 0 radical (unpaired) electrons. The molecule has 1 N–H and O–H groups in total. The summed E-state index contributed by atoms with van der Waals surface area (Å²) in [7, 11) is 0. The van der Waals surface area contributed by atoms with Crippen LogP contribution in [0.3, 0.4) is 0 Å². The lowest BCUT2D eigenvalue weighted by molar-refractivity contribution is -0.143. The van der Waals surface area contributed by atoms with E-state index >= 15 is 0 Å². The van der Waals surface area contributed by atoms with Crippen LogP contribution in [-0.4, -0.2) is 34.9 Å². The summed E-state index contributed by atoms with van der Waals surface area (Å²) in [6, 6.07) is 10.2. The first-order chi connectivity index (χ1) is 14.9. The fourth-order valence-electron chi connectivity index (χ4n) is 3.45. The Kier molecular flexibility index (Phi) is 8.99. The Morgan fingerprint density at radius 1 is 1.06 bits per heavy atom. The maximum Gasteiger partial charge on any atom is 0.261 e. The number of carbonyl (C=O) groups excluding carboxylic acids is 2. The number of benzene rings is 2. The second-order valence-electron chi connectivity index (χ2n) is 9.03. The van der Waals surface area contributed by atoms with Crippen molar-refractivity contribution in [3.05, 3.63) is 63.1 Å². The average Bonchev–Trinajstić information content (AvgIpc) is 2.65. The highest BCUT2D eigenvalue weighted by Gasteiger charge is 2.31. The second kappa shape index (κ2) is 11.1. The number of nitrogens with one attached hydrogen (secondary N) is 1. The van der Waals surface area contributed by atoms with Crippen molar-refractivity contribution in [1.82, 2.24) is 10.2 Å². The van der Waals surface area contributed by atoms with E-state index in [4.69, 9.17) is 27.9 Å². The van der Waals surface area contributed by atoms with Crippen molar-refractivity contribution in [2.24, 2.45) is 0 Å². The smallest absolute Gasteiger partial charge is 0.261 e. The summed E-state index contributed by atoms with van der Waals surface area (Å²) in [5.74, 6) is 0.100. The average molecular weight is 479 g/mol. The predicted octanol–water partition coefficient (Wildman–Crippen LogP) is 5.71. The molecule has 0 aliphatic carbocycles. The lowest BCUT2D eigenvalue weighted by Crippen LogP contribution is -2.54. The number of rotatable bonds is 8. The highest BCUT2D eigenvalue weighted by molar-refractivity contribution is 6.35. The molecule has 0 aliphatic heterocycles. The van der Waals surface area contributed by atoms with Crippen molar-refractivity contribution >= 4 is 35.0 Å². The molecule has 174 valence electrons. The molecule has 2 amide bonds. The minimum Gasteiger partial charge on any atom is -0.484 e. The van der Waals surface area contributed by atoms with Gasteiger partial charge >= 0.3 is 0 Å². The molecule has 5 nitrogen and oxygen atoms in total. The van der Waals surface area contributed by atoms with Crippen LogP contribution in [-0.2, 0) is 16.1 Å². The van der Waals surface area contributed by atoms with E-state index in [1.54, 1.807) is 18.2 Å². The van der Waals surface area contributed by atoms with Crippen LogP contribution in [0.25, 0.3) is 0 Å². The van der Waals surface area contributed by atoms with Gasteiger partial charge in [0.15, 0.2) is 6.61 Å². The van der Waals surface area contributed by atoms with Gasteiger partial charge in [-0.15, -0.1) is 0 Å². The van der Waals surface area contributed by atoms with Gasteiger partial charge in [0.1, 0.15) is 11.8 Å². The third-order valence-electron chi connectivity index (χ3n) is 4.80. The Morgan fingerprint density at radius 3 is 2.22 bits per heavy atom. The number of amides is 2. The van der Waals surface area contributed by atoms with Crippen LogP contribution in [0.4, 0.5) is 0 Å². The number of aryl methyl sites for hydroxylation is 2. The van der Waals surface area contributed by atoms with Crippen molar-refractivity contribution in [2.75, 3.05) is 6.61 Å². The molecule has 0 aliphatic rings. The van der Waals surface area contributed by atoms with Crippen molar-refractivity contribution in [1.29, 1.82) is 0 Å². The number of hydrogen-bond donors (Lipinski definition) is 1. The lowest BCUT2D eigenvalue weighted by Gasteiger charge is -2.33. The molecule has 0 heterocycles. The van der Waals surface area contributed by atoms with Gasteiger partial charge in [-0.2, -0.15) is 0 Å². The van der Waals surface area contributed by atoms with Crippen molar-refractivity contribution in [2.45, 2.75) is 66.1 Å². The Morgan fingerprint density at radius 2 is 1.69 bits per heavy atom. The number of nitrogens with zero attached hydrogens (tertiary/aromatic N) is 1. The van der Waals surface area contributed by atoms with Crippen molar-refractivity contribution in [3.63, 3.8) is 0 Å². The van der Waals surface area contributed by atoms with E-state index in [-0.39, 0.29) is 25.0 Å². The van der Waals surface area contributed by atoms with E-state index in [0.717, 1.165) is 11.1 Å². The van der Waals surface area contributed by atoms with E-state index in [0.29, 0.717) is 27.8 Å². The minimum atomic E-state index is -0.670. The Bertz CT molecular complexity index is 950. The molecule has 2 aromatic carbocycles. The van der Waals surface area contributed by atoms with E-state index in [2.05, 4.69) is 5.32 Å². The lowest BCUT2D eigenvalue weighted by atomic mass is 10.1. The first kappa shape index (κ1) is 26.0. The van der Waals surface area contributed by atoms with E-state index < -0.39 is 11.6 Å². The number of halogens is 2. The van der Waals surface area contributed by atoms with Crippen LogP contribution in [0, 0.1) is 13.8 Å². The summed E-state index contributed by atoms with van der Waals surface area (Å²) in [5, 5.41) is 3.92. The van der Waals surface area contributed by atoms with Crippen molar-refractivity contribution < 1.29 is 14.3 Å². The Balaban J connectivity index is 2.30. The largest absolute Gasteiger partial charge is 0.484 e. The number of ether oxygens (including phenoxy) is 1. The van der Waals surface area contributed by atoms with E-state index in [9.17, 15) is 9.59 Å². The van der Waals surface area contributed by atoms with Crippen LogP contribution in [0.15, 0.2) is 36.4 Å². The van der Waals surface area contributed by atoms with Gasteiger partial charge in [0.2, 0.25) is 5.91 Å². The zero-order valence-electron chi connectivity index (χ0n) is 19.6. The van der Waals surface area contributed by atoms with Gasteiger partial charge in [0.25, 0.3) is 5.91 Å². The van der Waals surface area contributed by atoms with Gasteiger partial charge in [-0.25, -0.2) is 0 Å². The molecular formula is C25H32Cl2N2O3. The van der Waals surface area contributed by atoms with E-state index in [1.807, 2.05) is 59.7 Å². The SMILES string of the molecule is CC[C@H](C(=O)NC(C)(C)C)N(Cc1ccc(Cl)cc1Cl)C(=O)COc1cc(C)cc(C)c1. The van der Waals surface area contributed by atoms with Gasteiger partial charge in [-0.05, 0) is 82.0 Å². The number of hydrogen-bond acceptors (Lipinski definition) is 3. The first-order valence-electron chi connectivity index (χ1n) is 10.7. The summed E-state index contributed by atoms with van der Waals surface area (Å²) in [6.45, 7) is 11.5. The minimum absolute atomic E-state index is 0.168. The van der Waals surface area contributed by atoms with Crippen LogP contribution in [0.5, 0.6) is 5.75 Å². The Hall–Kier alpha value is -2.24. The normalized spacial score (nSPS) is 12.2. The summed E-state index contributed by atoms with van der Waals surface area (Å²) in [6.07, 6.45) is 0.447. The third kappa shape index (κ3) is 7.72.